The summed E-state index contributed by atoms with van der Waals surface area (Å²) in [6.07, 6.45) is 0. The molecule has 1 fully saturated rings. The monoisotopic (exact) mass is 443 g/mol. The molecule has 1 aliphatic rings. The number of rotatable bonds is 3. The summed E-state index contributed by atoms with van der Waals surface area (Å²) in [6.45, 7) is 2.50. The minimum atomic E-state index is -3.82. The van der Waals surface area contributed by atoms with Crippen molar-refractivity contribution in [2.24, 2.45) is 0 Å². The maximum absolute atomic E-state index is 13.0. The third-order valence-corrected chi connectivity index (χ3v) is 7.52. The molecule has 1 saturated heterocycles. The minimum Gasteiger partial charge on any atom is -0.449 e. The number of hydrogen-bond donors (Lipinski definition) is 0. The Hall–Kier alpha value is -2.86. The largest absolute Gasteiger partial charge is 0.449 e. The molecule has 2 aromatic carbocycles. The van der Waals surface area contributed by atoms with Crippen molar-refractivity contribution in [1.29, 1.82) is 5.26 Å². The Bertz CT molecular complexity index is 1290. The molecular weight excluding hydrogens is 426 g/mol. The molecule has 0 N–H and O–H groups in total. The number of hydrogen-bond acceptors (Lipinski definition) is 5. The molecule has 3 aromatic rings. The fourth-order valence-electron chi connectivity index (χ4n) is 3.61. The van der Waals surface area contributed by atoms with Gasteiger partial charge in [0.15, 0.2) is 11.3 Å². The molecule has 7 nitrogen and oxygen atoms in total. The van der Waals surface area contributed by atoms with E-state index in [1.807, 2.05) is 12.1 Å². The van der Waals surface area contributed by atoms with Crippen molar-refractivity contribution >= 4 is 38.5 Å². The third kappa shape index (κ3) is 3.35. The predicted octanol–water partition coefficient (Wildman–Crippen LogP) is 3.41. The van der Waals surface area contributed by atoms with Crippen molar-refractivity contribution in [1.82, 2.24) is 9.21 Å². The van der Waals surface area contributed by atoms with Crippen LogP contribution >= 0.6 is 11.6 Å². The number of fused-ring (bicyclic) bond motifs is 1. The summed E-state index contributed by atoms with van der Waals surface area (Å²) in [5, 5.41) is 10.4. The first-order valence-corrected chi connectivity index (χ1v) is 11.1. The van der Waals surface area contributed by atoms with E-state index in [1.54, 1.807) is 36.1 Å². The van der Waals surface area contributed by atoms with E-state index >= 15 is 0 Å². The maximum atomic E-state index is 13.0. The zero-order valence-electron chi connectivity index (χ0n) is 16.1. The van der Waals surface area contributed by atoms with E-state index in [0.717, 1.165) is 5.39 Å². The number of para-hydroxylation sites is 1. The van der Waals surface area contributed by atoms with Gasteiger partial charge in [-0.15, -0.1) is 0 Å². The number of carbonyl (C=O) groups is 1. The first-order valence-electron chi connectivity index (χ1n) is 9.30. The Balaban J connectivity index is 1.54. The smallest absolute Gasteiger partial charge is 0.289 e. The normalized spacial score (nSPS) is 15.3. The van der Waals surface area contributed by atoms with Gasteiger partial charge in [0.2, 0.25) is 10.0 Å². The zero-order chi connectivity index (χ0) is 21.5. The summed E-state index contributed by atoms with van der Waals surface area (Å²) in [4.78, 5) is 14.6. The average Bonchev–Trinajstić information content (AvgIpc) is 3.11. The van der Waals surface area contributed by atoms with Crippen LogP contribution in [0, 0.1) is 18.3 Å². The highest BCUT2D eigenvalue weighted by Crippen LogP contribution is 2.31. The highest BCUT2D eigenvalue weighted by atomic mass is 35.5. The van der Waals surface area contributed by atoms with Crippen LogP contribution in [0.3, 0.4) is 0 Å². The van der Waals surface area contributed by atoms with Gasteiger partial charge < -0.3 is 9.32 Å². The van der Waals surface area contributed by atoms with Crippen LogP contribution in [0.1, 0.15) is 21.7 Å². The molecule has 154 valence electrons. The van der Waals surface area contributed by atoms with Gasteiger partial charge in [0.1, 0.15) is 6.07 Å². The fourth-order valence-corrected chi connectivity index (χ4v) is 5.39. The molecule has 4 rings (SSSR count). The number of furan rings is 1. The van der Waals surface area contributed by atoms with Crippen LogP contribution in [-0.2, 0) is 10.0 Å². The molecule has 0 aliphatic carbocycles. The number of carbonyl (C=O) groups excluding carboxylic acids is 1. The van der Waals surface area contributed by atoms with Crippen molar-refractivity contribution in [2.75, 3.05) is 26.2 Å². The van der Waals surface area contributed by atoms with Crippen LogP contribution < -0.4 is 0 Å². The Morgan fingerprint density at radius 2 is 1.80 bits per heavy atom. The summed E-state index contributed by atoms with van der Waals surface area (Å²) in [6, 6.07) is 13.4. The molecule has 0 spiro atoms. The maximum Gasteiger partial charge on any atom is 0.289 e. The van der Waals surface area contributed by atoms with E-state index in [9.17, 15) is 18.5 Å². The predicted molar refractivity (Wildman–Crippen MR) is 112 cm³/mol. The second kappa shape index (κ2) is 7.76. The SMILES string of the molecule is Cc1c(C(=O)N2CCN(S(=O)(=O)c3ccccc3C#N)CC2)oc2c(Cl)cccc12. The van der Waals surface area contributed by atoms with Crippen LogP contribution in [0.5, 0.6) is 0 Å². The number of aryl methyl sites for hydroxylation is 1. The van der Waals surface area contributed by atoms with E-state index in [-0.39, 0.29) is 48.3 Å². The molecule has 0 unspecified atom stereocenters. The van der Waals surface area contributed by atoms with Gasteiger partial charge in [0.25, 0.3) is 5.91 Å². The molecule has 0 saturated carbocycles. The van der Waals surface area contributed by atoms with Crippen LogP contribution in [0.4, 0.5) is 0 Å². The van der Waals surface area contributed by atoms with Crippen LogP contribution in [0.15, 0.2) is 51.8 Å². The molecule has 2 heterocycles. The van der Waals surface area contributed by atoms with E-state index in [1.165, 1.54) is 16.4 Å². The minimum absolute atomic E-state index is 0.0185. The highest BCUT2D eigenvalue weighted by molar-refractivity contribution is 7.89. The average molecular weight is 444 g/mol. The molecule has 30 heavy (non-hydrogen) atoms. The van der Waals surface area contributed by atoms with Gasteiger partial charge in [0, 0.05) is 37.1 Å². The number of halogens is 1. The molecule has 0 atom stereocenters. The van der Waals surface area contributed by atoms with Gasteiger partial charge in [0.05, 0.1) is 15.5 Å². The van der Waals surface area contributed by atoms with Crippen molar-refractivity contribution in [3.8, 4) is 6.07 Å². The van der Waals surface area contributed by atoms with Gasteiger partial charge in [-0.25, -0.2) is 8.42 Å². The lowest BCUT2D eigenvalue weighted by Gasteiger charge is -2.33. The summed E-state index contributed by atoms with van der Waals surface area (Å²) in [5.74, 6) is -0.0847. The lowest BCUT2D eigenvalue weighted by atomic mass is 10.1. The number of piperazine rings is 1. The first-order chi connectivity index (χ1) is 14.3. The third-order valence-electron chi connectivity index (χ3n) is 5.26. The topological polar surface area (TPSA) is 94.6 Å². The summed E-state index contributed by atoms with van der Waals surface area (Å²) < 4.78 is 33.0. The lowest BCUT2D eigenvalue weighted by molar-refractivity contribution is 0.0667. The second-order valence-corrected chi connectivity index (χ2v) is 9.29. The lowest BCUT2D eigenvalue weighted by Crippen LogP contribution is -2.50. The van der Waals surface area contributed by atoms with Crippen molar-refractivity contribution in [2.45, 2.75) is 11.8 Å². The molecule has 0 radical (unpaired) electrons. The van der Waals surface area contributed by atoms with E-state index in [4.69, 9.17) is 16.0 Å². The highest BCUT2D eigenvalue weighted by Gasteiger charge is 2.33. The van der Waals surface area contributed by atoms with Gasteiger partial charge in [-0.05, 0) is 25.1 Å². The molecular formula is C21H18ClN3O4S. The van der Waals surface area contributed by atoms with Crippen LogP contribution in [-0.4, -0.2) is 49.7 Å². The summed E-state index contributed by atoms with van der Waals surface area (Å²) in [5.41, 5.74) is 1.27. The van der Waals surface area contributed by atoms with Crippen LogP contribution in [0.25, 0.3) is 11.0 Å². The number of amides is 1. The van der Waals surface area contributed by atoms with Gasteiger partial charge >= 0.3 is 0 Å². The fraction of sp³-hybridized carbons (Fsp3) is 0.238. The second-order valence-electron chi connectivity index (χ2n) is 6.98. The molecule has 1 aliphatic heterocycles. The molecule has 1 amide bonds. The van der Waals surface area contributed by atoms with Crippen LogP contribution in [0.2, 0.25) is 5.02 Å². The number of benzene rings is 2. The van der Waals surface area contributed by atoms with E-state index in [0.29, 0.717) is 16.2 Å². The van der Waals surface area contributed by atoms with Crippen molar-refractivity contribution in [3.63, 3.8) is 0 Å². The molecule has 1 aromatic heterocycles. The quantitative estimate of drug-likeness (QED) is 0.618. The molecule has 0 bridgehead atoms. The number of nitriles is 1. The Morgan fingerprint density at radius 1 is 1.10 bits per heavy atom. The van der Waals surface area contributed by atoms with Gasteiger partial charge in [-0.2, -0.15) is 9.57 Å². The Kier molecular flexibility index (Phi) is 5.28. The van der Waals surface area contributed by atoms with Gasteiger partial charge in [-0.1, -0.05) is 35.9 Å². The standard InChI is InChI=1S/C21H18ClN3O4S/c1-14-16-6-4-7-17(22)20(16)29-19(14)21(26)24-9-11-25(12-10-24)30(27,28)18-8-3-2-5-15(18)13-23/h2-8H,9-12H2,1H3. The zero-order valence-corrected chi connectivity index (χ0v) is 17.7. The van der Waals surface area contributed by atoms with Crippen molar-refractivity contribution in [3.05, 3.63) is 64.4 Å². The number of sulfonamides is 1. The van der Waals surface area contributed by atoms with Crippen molar-refractivity contribution < 1.29 is 17.6 Å². The summed E-state index contributed by atoms with van der Waals surface area (Å²) >= 11 is 6.17. The molecule has 9 heteroatoms. The summed E-state index contributed by atoms with van der Waals surface area (Å²) in [7, 11) is -3.82. The number of nitrogens with zero attached hydrogens (tertiary/aromatic N) is 3. The van der Waals surface area contributed by atoms with E-state index < -0.39 is 10.0 Å². The Labute approximate surface area is 179 Å². The van der Waals surface area contributed by atoms with E-state index in [2.05, 4.69) is 0 Å². The van der Waals surface area contributed by atoms with Gasteiger partial charge in [-0.3, -0.25) is 4.79 Å². The Morgan fingerprint density at radius 3 is 2.47 bits per heavy atom. The first kappa shape index (κ1) is 20.4.